The van der Waals surface area contributed by atoms with Gasteiger partial charge in [-0.2, -0.15) is 0 Å². The van der Waals surface area contributed by atoms with Gasteiger partial charge in [-0.3, -0.25) is 4.90 Å². The molecule has 0 radical (unpaired) electrons. The molecular formula is C13H20BNO3. The third kappa shape index (κ3) is 3.04. The van der Waals surface area contributed by atoms with E-state index in [0.29, 0.717) is 11.5 Å². The Balaban J connectivity index is 2.22. The molecule has 0 saturated heterocycles. The van der Waals surface area contributed by atoms with E-state index in [0.717, 1.165) is 24.4 Å². The fourth-order valence-corrected chi connectivity index (χ4v) is 2.26. The molecule has 1 saturated carbocycles. The van der Waals surface area contributed by atoms with Gasteiger partial charge in [-0.15, -0.1) is 0 Å². The smallest absolute Gasteiger partial charge is 0.488 e. The van der Waals surface area contributed by atoms with E-state index in [1.807, 2.05) is 6.07 Å². The van der Waals surface area contributed by atoms with Gasteiger partial charge in [0.2, 0.25) is 0 Å². The molecule has 4 nitrogen and oxygen atoms in total. The highest BCUT2D eigenvalue weighted by Gasteiger charge is 2.29. The van der Waals surface area contributed by atoms with Crippen LogP contribution in [0.1, 0.15) is 25.3 Å². The van der Waals surface area contributed by atoms with E-state index >= 15 is 0 Å². The summed E-state index contributed by atoms with van der Waals surface area (Å²) in [5.74, 6) is 0.751. The molecule has 1 aliphatic rings. The van der Waals surface area contributed by atoms with E-state index in [1.54, 1.807) is 19.2 Å². The van der Waals surface area contributed by atoms with Gasteiger partial charge < -0.3 is 14.8 Å². The fraction of sp³-hybridized carbons (Fsp3) is 0.538. The minimum atomic E-state index is -1.43. The standard InChI is InChI=1S/C13H20BNO3/c1-3-15(11-4-5-11)9-10-8-12(18-2)6-7-13(10)14(16)17/h6-8,11,16-17H,3-5,9H2,1-2H3. The summed E-state index contributed by atoms with van der Waals surface area (Å²) in [6, 6.07) is 6.02. The van der Waals surface area contributed by atoms with Gasteiger partial charge in [0.05, 0.1) is 7.11 Å². The minimum Gasteiger partial charge on any atom is -0.497 e. The van der Waals surface area contributed by atoms with Crippen LogP contribution >= 0.6 is 0 Å². The van der Waals surface area contributed by atoms with E-state index in [1.165, 1.54) is 12.8 Å². The number of nitrogens with zero attached hydrogens (tertiary/aromatic N) is 1. The van der Waals surface area contributed by atoms with Gasteiger partial charge in [-0.25, -0.2) is 0 Å². The number of hydrogen-bond donors (Lipinski definition) is 2. The van der Waals surface area contributed by atoms with Crippen LogP contribution in [0.5, 0.6) is 5.75 Å². The second kappa shape index (κ2) is 5.74. The van der Waals surface area contributed by atoms with Crippen LogP contribution < -0.4 is 10.2 Å². The van der Waals surface area contributed by atoms with E-state index < -0.39 is 7.12 Å². The molecule has 1 aromatic rings. The van der Waals surface area contributed by atoms with Crippen LogP contribution in [0.3, 0.4) is 0 Å². The third-order valence-electron chi connectivity index (χ3n) is 3.47. The molecular weight excluding hydrogens is 229 g/mol. The second-order valence-electron chi connectivity index (χ2n) is 4.73. The number of hydrogen-bond acceptors (Lipinski definition) is 4. The Labute approximate surface area is 108 Å². The Morgan fingerprint density at radius 3 is 2.61 bits per heavy atom. The first-order valence-corrected chi connectivity index (χ1v) is 6.42. The van der Waals surface area contributed by atoms with E-state index in [4.69, 9.17) is 4.74 Å². The van der Waals surface area contributed by atoms with Crippen LogP contribution in [0.2, 0.25) is 0 Å². The zero-order valence-corrected chi connectivity index (χ0v) is 11.0. The zero-order chi connectivity index (χ0) is 13.1. The highest BCUT2D eigenvalue weighted by atomic mass is 16.5. The van der Waals surface area contributed by atoms with Crippen molar-refractivity contribution in [1.29, 1.82) is 0 Å². The predicted molar refractivity (Wildman–Crippen MR) is 71.9 cm³/mol. The first-order valence-electron chi connectivity index (χ1n) is 6.42. The third-order valence-corrected chi connectivity index (χ3v) is 3.47. The van der Waals surface area contributed by atoms with Crippen molar-refractivity contribution in [3.63, 3.8) is 0 Å². The molecule has 0 amide bonds. The summed E-state index contributed by atoms with van der Waals surface area (Å²) in [5, 5.41) is 18.8. The number of ether oxygens (including phenoxy) is 1. The molecule has 5 heteroatoms. The van der Waals surface area contributed by atoms with Gasteiger partial charge in [0.15, 0.2) is 0 Å². The van der Waals surface area contributed by atoms with Crippen molar-refractivity contribution in [2.75, 3.05) is 13.7 Å². The van der Waals surface area contributed by atoms with Crippen molar-refractivity contribution in [2.45, 2.75) is 32.4 Å². The molecule has 1 aliphatic carbocycles. The van der Waals surface area contributed by atoms with Crippen LogP contribution in [-0.4, -0.2) is 41.8 Å². The molecule has 0 spiro atoms. The quantitative estimate of drug-likeness (QED) is 0.715. The molecule has 1 aromatic carbocycles. The average molecular weight is 249 g/mol. The first kappa shape index (κ1) is 13.4. The Bertz CT molecular complexity index is 407. The Morgan fingerprint density at radius 2 is 2.11 bits per heavy atom. The molecule has 0 atom stereocenters. The maximum Gasteiger partial charge on any atom is 0.488 e. The van der Waals surface area contributed by atoms with Crippen LogP contribution in [-0.2, 0) is 6.54 Å². The van der Waals surface area contributed by atoms with Gasteiger partial charge in [-0.1, -0.05) is 13.0 Å². The predicted octanol–water partition coefficient (Wildman–Crippen LogP) is 0.359. The van der Waals surface area contributed by atoms with Crippen molar-refractivity contribution >= 4 is 12.6 Å². The Kier molecular flexibility index (Phi) is 4.27. The van der Waals surface area contributed by atoms with Crippen molar-refractivity contribution < 1.29 is 14.8 Å². The first-order chi connectivity index (χ1) is 8.65. The lowest BCUT2D eigenvalue weighted by molar-refractivity contribution is 0.269. The highest BCUT2D eigenvalue weighted by molar-refractivity contribution is 6.59. The summed E-state index contributed by atoms with van der Waals surface area (Å²) in [6.45, 7) is 3.85. The summed E-state index contributed by atoms with van der Waals surface area (Å²) in [7, 11) is 0.191. The minimum absolute atomic E-state index is 0.565. The summed E-state index contributed by atoms with van der Waals surface area (Å²) in [5.41, 5.74) is 1.49. The Morgan fingerprint density at radius 1 is 1.39 bits per heavy atom. The molecule has 2 N–H and O–H groups in total. The van der Waals surface area contributed by atoms with Gasteiger partial charge in [0, 0.05) is 12.6 Å². The zero-order valence-electron chi connectivity index (χ0n) is 11.0. The summed E-state index contributed by atoms with van der Waals surface area (Å²) in [6.07, 6.45) is 2.49. The van der Waals surface area contributed by atoms with Crippen molar-refractivity contribution in [1.82, 2.24) is 4.90 Å². The Hall–Kier alpha value is -1.04. The number of benzene rings is 1. The van der Waals surface area contributed by atoms with E-state index in [2.05, 4.69) is 11.8 Å². The highest BCUT2D eigenvalue weighted by Crippen LogP contribution is 2.28. The number of methoxy groups -OCH3 is 1. The summed E-state index contributed by atoms with van der Waals surface area (Å²) < 4.78 is 5.20. The lowest BCUT2D eigenvalue weighted by Gasteiger charge is -2.22. The van der Waals surface area contributed by atoms with Gasteiger partial charge in [0.1, 0.15) is 5.75 Å². The normalized spacial score (nSPS) is 14.9. The van der Waals surface area contributed by atoms with Gasteiger partial charge >= 0.3 is 7.12 Å². The maximum absolute atomic E-state index is 9.40. The molecule has 0 unspecified atom stereocenters. The lowest BCUT2D eigenvalue weighted by Crippen LogP contribution is -2.36. The van der Waals surface area contributed by atoms with Crippen LogP contribution in [0.4, 0.5) is 0 Å². The molecule has 0 heterocycles. The average Bonchev–Trinajstić information content (AvgIpc) is 3.19. The number of rotatable bonds is 6. The molecule has 0 bridgehead atoms. The van der Waals surface area contributed by atoms with Crippen LogP contribution in [0.15, 0.2) is 18.2 Å². The molecule has 0 aliphatic heterocycles. The van der Waals surface area contributed by atoms with E-state index in [9.17, 15) is 10.0 Å². The van der Waals surface area contributed by atoms with Crippen molar-refractivity contribution in [3.8, 4) is 5.75 Å². The maximum atomic E-state index is 9.40. The van der Waals surface area contributed by atoms with Crippen LogP contribution in [0, 0.1) is 0 Å². The van der Waals surface area contributed by atoms with Gasteiger partial charge in [0.25, 0.3) is 0 Å². The molecule has 1 fully saturated rings. The van der Waals surface area contributed by atoms with E-state index in [-0.39, 0.29) is 0 Å². The van der Waals surface area contributed by atoms with Crippen molar-refractivity contribution in [2.24, 2.45) is 0 Å². The molecule has 2 rings (SSSR count). The van der Waals surface area contributed by atoms with Crippen molar-refractivity contribution in [3.05, 3.63) is 23.8 Å². The summed E-state index contributed by atoms with van der Waals surface area (Å²) >= 11 is 0. The van der Waals surface area contributed by atoms with Crippen LogP contribution in [0.25, 0.3) is 0 Å². The molecule has 0 aromatic heterocycles. The largest absolute Gasteiger partial charge is 0.497 e. The molecule has 98 valence electrons. The molecule has 18 heavy (non-hydrogen) atoms. The summed E-state index contributed by atoms with van der Waals surface area (Å²) in [4.78, 5) is 2.36. The SMILES string of the molecule is CCN(Cc1cc(OC)ccc1B(O)O)C1CC1. The fourth-order valence-electron chi connectivity index (χ4n) is 2.26. The van der Waals surface area contributed by atoms with Gasteiger partial charge in [-0.05, 0) is 42.5 Å². The second-order valence-corrected chi connectivity index (χ2v) is 4.73. The topological polar surface area (TPSA) is 52.9 Å². The monoisotopic (exact) mass is 249 g/mol. The lowest BCUT2D eigenvalue weighted by atomic mass is 9.77.